The fourth-order valence-electron chi connectivity index (χ4n) is 2.27. The first kappa shape index (κ1) is 12.8. The van der Waals surface area contributed by atoms with E-state index in [2.05, 4.69) is 10.3 Å². The standard InChI is InChI=1S/C13H19N3O2/c1-16(9-10-5-2-3-8-14-10)13(18)11-6-4-7-12(17)15-11/h4,6-7,10,14H,2-3,5,8-9H2,1H3,(H,15,17). The monoisotopic (exact) mass is 249 g/mol. The zero-order valence-corrected chi connectivity index (χ0v) is 10.6. The SMILES string of the molecule is CN(CC1CCCCN1)C(=O)c1cccc(=O)[nH]1. The topological polar surface area (TPSA) is 65.2 Å². The van der Waals surface area contributed by atoms with Gasteiger partial charge < -0.3 is 15.2 Å². The number of nitrogens with zero attached hydrogens (tertiary/aromatic N) is 1. The van der Waals surface area contributed by atoms with Crippen molar-refractivity contribution in [1.82, 2.24) is 15.2 Å². The van der Waals surface area contributed by atoms with E-state index in [1.807, 2.05) is 0 Å². The first-order valence-corrected chi connectivity index (χ1v) is 6.35. The van der Waals surface area contributed by atoms with Crippen LogP contribution in [0.4, 0.5) is 0 Å². The predicted molar refractivity (Wildman–Crippen MR) is 69.7 cm³/mol. The fourth-order valence-corrected chi connectivity index (χ4v) is 2.27. The first-order chi connectivity index (χ1) is 8.66. The van der Waals surface area contributed by atoms with Crippen molar-refractivity contribution in [3.8, 4) is 0 Å². The van der Waals surface area contributed by atoms with Crippen LogP contribution in [0.5, 0.6) is 0 Å². The smallest absolute Gasteiger partial charge is 0.270 e. The van der Waals surface area contributed by atoms with Crippen LogP contribution in [0.25, 0.3) is 0 Å². The summed E-state index contributed by atoms with van der Waals surface area (Å²) >= 11 is 0. The van der Waals surface area contributed by atoms with Crippen LogP contribution in [0.2, 0.25) is 0 Å². The minimum Gasteiger partial charge on any atom is -0.339 e. The Morgan fingerprint density at radius 1 is 1.44 bits per heavy atom. The second-order valence-electron chi connectivity index (χ2n) is 4.76. The van der Waals surface area contributed by atoms with Crippen molar-refractivity contribution in [3.63, 3.8) is 0 Å². The zero-order chi connectivity index (χ0) is 13.0. The highest BCUT2D eigenvalue weighted by atomic mass is 16.2. The van der Waals surface area contributed by atoms with E-state index in [1.54, 1.807) is 24.1 Å². The first-order valence-electron chi connectivity index (χ1n) is 6.35. The highest BCUT2D eigenvalue weighted by Crippen LogP contribution is 2.09. The van der Waals surface area contributed by atoms with E-state index in [1.165, 1.54) is 18.9 Å². The highest BCUT2D eigenvalue weighted by molar-refractivity contribution is 5.92. The molecule has 0 bridgehead atoms. The van der Waals surface area contributed by atoms with Gasteiger partial charge in [0.15, 0.2) is 0 Å². The third kappa shape index (κ3) is 3.20. The van der Waals surface area contributed by atoms with E-state index in [0.717, 1.165) is 13.0 Å². The molecule has 1 fully saturated rings. The van der Waals surface area contributed by atoms with Crippen LogP contribution in [0, 0.1) is 0 Å². The molecule has 1 amide bonds. The summed E-state index contributed by atoms with van der Waals surface area (Å²) < 4.78 is 0. The normalized spacial score (nSPS) is 19.5. The Kier molecular flexibility index (Phi) is 4.15. The summed E-state index contributed by atoms with van der Waals surface area (Å²) in [6, 6.07) is 5.00. The molecule has 1 atom stereocenters. The molecular formula is C13H19N3O2. The van der Waals surface area contributed by atoms with Crippen molar-refractivity contribution in [1.29, 1.82) is 0 Å². The lowest BCUT2D eigenvalue weighted by atomic mass is 10.0. The van der Waals surface area contributed by atoms with Gasteiger partial charge >= 0.3 is 0 Å². The van der Waals surface area contributed by atoms with E-state index >= 15 is 0 Å². The molecule has 5 heteroatoms. The molecule has 0 radical (unpaired) electrons. The number of hydrogen-bond acceptors (Lipinski definition) is 3. The van der Waals surface area contributed by atoms with Crippen molar-refractivity contribution >= 4 is 5.91 Å². The van der Waals surface area contributed by atoms with Gasteiger partial charge in [0.1, 0.15) is 5.69 Å². The zero-order valence-electron chi connectivity index (χ0n) is 10.6. The molecule has 2 heterocycles. The number of nitrogens with one attached hydrogen (secondary N) is 2. The van der Waals surface area contributed by atoms with Crippen molar-refractivity contribution in [2.45, 2.75) is 25.3 Å². The second kappa shape index (κ2) is 5.82. The molecule has 1 aromatic heterocycles. The molecule has 1 aliphatic rings. The van der Waals surface area contributed by atoms with Gasteiger partial charge in [-0.15, -0.1) is 0 Å². The second-order valence-corrected chi connectivity index (χ2v) is 4.76. The van der Waals surface area contributed by atoms with Crippen LogP contribution in [-0.4, -0.2) is 42.0 Å². The number of hydrogen-bond donors (Lipinski definition) is 2. The maximum Gasteiger partial charge on any atom is 0.270 e. The van der Waals surface area contributed by atoms with Crippen LogP contribution >= 0.6 is 0 Å². The van der Waals surface area contributed by atoms with E-state index in [9.17, 15) is 9.59 Å². The molecular weight excluding hydrogens is 230 g/mol. The predicted octanol–water partition coefficient (Wildman–Crippen LogP) is 0.589. The molecule has 1 aliphatic heterocycles. The molecule has 2 N–H and O–H groups in total. The Balaban J connectivity index is 1.97. The Labute approximate surface area is 106 Å². The third-order valence-corrected chi connectivity index (χ3v) is 3.25. The van der Waals surface area contributed by atoms with Gasteiger partial charge in [0, 0.05) is 25.7 Å². The Hall–Kier alpha value is -1.62. The lowest BCUT2D eigenvalue weighted by Gasteiger charge is -2.28. The largest absolute Gasteiger partial charge is 0.339 e. The summed E-state index contributed by atoms with van der Waals surface area (Å²) in [7, 11) is 1.77. The van der Waals surface area contributed by atoms with Crippen molar-refractivity contribution in [2.24, 2.45) is 0 Å². The number of rotatable bonds is 3. The van der Waals surface area contributed by atoms with E-state index in [0.29, 0.717) is 18.3 Å². The molecule has 0 aliphatic carbocycles. The van der Waals surface area contributed by atoms with Crippen molar-refractivity contribution in [2.75, 3.05) is 20.1 Å². The maximum absolute atomic E-state index is 12.1. The number of H-pyrrole nitrogens is 1. The molecule has 18 heavy (non-hydrogen) atoms. The van der Waals surface area contributed by atoms with Gasteiger partial charge in [-0.1, -0.05) is 12.5 Å². The number of carbonyl (C=O) groups excluding carboxylic acids is 1. The number of aromatic amines is 1. The quantitative estimate of drug-likeness (QED) is 0.824. The van der Waals surface area contributed by atoms with Gasteiger partial charge in [0.05, 0.1) is 0 Å². The molecule has 5 nitrogen and oxygen atoms in total. The van der Waals surface area contributed by atoms with Gasteiger partial charge in [0.25, 0.3) is 5.91 Å². The fraction of sp³-hybridized carbons (Fsp3) is 0.538. The number of amides is 1. The van der Waals surface area contributed by atoms with Crippen LogP contribution in [0.1, 0.15) is 29.8 Å². The number of carbonyl (C=O) groups is 1. The summed E-state index contributed by atoms with van der Waals surface area (Å²) in [6.45, 7) is 1.70. The maximum atomic E-state index is 12.1. The molecule has 2 rings (SSSR count). The third-order valence-electron chi connectivity index (χ3n) is 3.25. The lowest BCUT2D eigenvalue weighted by Crippen LogP contribution is -2.44. The van der Waals surface area contributed by atoms with Gasteiger partial charge in [-0.25, -0.2) is 0 Å². The van der Waals surface area contributed by atoms with Crippen LogP contribution in [-0.2, 0) is 0 Å². The van der Waals surface area contributed by atoms with Gasteiger partial charge in [-0.3, -0.25) is 9.59 Å². The number of likely N-dealkylation sites (N-methyl/N-ethyl adjacent to an activating group) is 1. The number of pyridine rings is 1. The highest BCUT2D eigenvalue weighted by Gasteiger charge is 2.18. The number of aromatic nitrogens is 1. The minimum absolute atomic E-state index is 0.139. The summed E-state index contributed by atoms with van der Waals surface area (Å²) in [5.41, 5.74) is 0.103. The van der Waals surface area contributed by atoms with Gasteiger partial charge in [0.2, 0.25) is 5.56 Å². The summed E-state index contributed by atoms with van der Waals surface area (Å²) in [5, 5.41) is 3.40. The molecule has 98 valence electrons. The summed E-state index contributed by atoms with van der Waals surface area (Å²) in [5.74, 6) is -0.139. The molecule has 0 aromatic carbocycles. The average Bonchev–Trinajstić information content (AvgIpc) is 2.39. The van der Waals surface area contributed by atoms with E-state index in [-0.39, 0.29) is 11.5 Å². The average molecular weight is 249 g/mol. The Morgan fingerprint density at radius 3 is 2.94 bits per heavy atom. The molecule has 0 spiro atoms. The van der Waals surface area contributed by atoms with Crippen LogP contribution in [0.3, 0.4) is 0 Å². The molecule has 1 unspecified atom stereocenters. The van der Waals surface area contributed by atoms with Gasteiger partial charge in [-0.05, 0) is 25.5 Å². The lowest BCUT2D eigenvalue weighted by molar-refractivity contribution is 0.0769. The van der Waals surface area contributed by atoms with Gasteiger partial charge in [-0.2, -0.15) is 0 Å². The summed E-state index contributed by atoms with van der Waals surface area (Å²) in [4.78, 5) is 27.5. The molecule has 1 aromatic rings. The minimum atomic E-state index is -0.245. The molecule has 1 saturated heterocycles. The van der Waals surface area contributed by atoms with E-state index < -0.39 is 0 Å². The Morgan fingerprint density at radius 2 is 2.28 bits per heavy atom. The van der Waals surface area contributed by atoms with Crippen LogP contribution in [0.15, 0.2) is 23.0 Å². The van der Waals surface area contributed by atoms with Crippen molar-refractivity contribution in [3.05, 3.63) is 34.2 Å². The Bertz CT molecular complexity index is 463. The summed E-state index contributed by atoms with van der Waals surface area (Å²) in [6.07, 6.45) is 3.52. The van der Waals surface area contributed by atoms with E-state index in [4.69, 9.17) is 0 Å². The number of piperidine rings is 1. The molecule has 0 saturated carbocycles. The van der Waals surface area contributed by atoms with Crippen molar-refractivity contribution < 1.29 is 4.79 Å². The van der Waals surface area contributed by atoms with Crippen LogP contribution < -0.4 is 10.9 Å².